The fourth-order valence-corrected chi connectivity index (χ4v) is 2.13. The second kappa shape index (κ2) is 4.97. The average molecular weight is 213 g/mol. The van der Waals surface area contributed by atoms with Gasteiger partial charge in [-0.2, -0.15) is 0 Å². The summed E-state index contributed by atoms with van der Waals surface area (Å²) in [5.74, 6) is 0.0469. The Labute approximate surface area is 92.5 Å². The Kier molecular flexibility index (Phi) is 4.14. The molecule has 0 aromatic heterocycles. The standard InChI is InChI=1S/C12H23NO2/c1-8(2)7-13(10-5-6-10)11(9(3)4)12(14)15/h8-11H,5-7H2,1-4H3,(H,14,15). The first kappa shape index (κ1) is 12.5. The summed E-state index contributed by atoms with van der Waals surface area (Å²) in [5, 5.41) is 9.26. The predicted molar refractivity (Wildman–Crippen MR) is 60.8 cm³/mol. The van der Waals surface area contributed by atoms with Crippen molar-refractivity contribution in [1.29, 1.82) is 0 Å². The molecule has 0 aromatic carbocycles. The zero-order chi connectivity index (χ0) is 11.6. The zero-order valence-corrected chi connectivity index (χ0v) is 10.2. The molecule has 0 aromatic rings. The summed E-state index contributed by atoms with van der Waals surface area (Å²) in [5.41, 5.74) is 0. The fourth-order valence-electron chi connectivity index (χ4n) is 2.13. The van der Waals surface area contributed by atoms with E-state index in [0.717, 1.165) is 6.54 Å². The van der Waals surface area contributed by atoms with Crippen molar-refractivity contribution in [1.82, 2.24) is 4.90 Å². The van der Waals surface area contributed by atoms with Gasteiger partial charge in [0.2, 0.25) is 0 Å². The van der Waals surface area contributed by atoms with Crippen molar-refractivity contribution in [2.75, 3.05) is 6.54 Å². The van der Waals surface area contributed by atoms with Crippen LogP contribution in [-0.4, -0.2) is 34.6 Å². The molecule has 0 amide bonds. The van der Waals surface area contributed by atoms with Crippen LogP contribution in [0.15, 0.2) is 0 Å². The maximum Gasteiger partial charge on any atom is 0.321 e. The highest BCUT2D eigenvalue weighted by molar-refractivity contribution is 5.73. The molecule has 0 heterocycles. The first-order valence-electron chi connectivity index (χ1n) is 5.92. The van der Waals surface area contributed by atoms with Gasteiger partial charge in [-0.05, 0) is 24.7 Å². The van der Waals surface area contributed by atoms with Crippen LogP contribution in [0.4, 0.5) is 0 Å². The highest BCUT2D eigenvalue weighted by Gasteiger charge is 2.38. The minimum Gasteiger partial charge on any atom is -0.480 e. The number of carboxylic acid groups (broad SMARTS) is 1. The smallest absolute Gasteiger partial charge is 0.321 e. The topological polar surface area (TPSA) is 40.5 Å². The summed E-state index contributed by atoms with van der Waals surface area (Å²) in [6, 6.07) is 0.218. The first-order chi connectivity index (χ1) is 6.93. The van der Waals surface area contributed by atoms with E-state index in [1.165, 1.54) is 12.8 Å². The normalized spacial score (nSPS) is 18.9. The Bertz CT molecular complexity index is 222. The van der Waals surface area contributed by atoms with Crippen molar-refractivity contribution in [3.63, 3.8) is 0 Å². The van der Waals surface area contributed by atoms with E-state index >= 15 is 0 Å². The second-order valence-electron chi connectivity index (χ2n) is 5.35. The van der Waals surface area contributed by atoms with Crippen LogP contribution in [0.3, 0.4) is 0 Å². The zero-order valence-electron chi connectivity index (χ0n) is 10.2. The quantitative estimate of drug-likeness (QED) is 0.735. The summed E-state index contributed by atoms with van der Waals surface area (Å²) in [6.45, 7) is 9.19. The number of carbonyl (C=O) groups is 1. The van der Waals surface area contributed by atoms with Crippen molar-refractivity contribution in [2.24, 2.45) is 11.8 Å². The summed E-state index contributed by atoms with van der Waals surface area (Å²) >= 11 is 0. The molecule has 3 nitrogen and oxygen atoms in total. The third kappa shape index (κ3) is 3.49. The molecule has 1 atom stereocenters. The van der Waals surface area contributed by atoms with Gasteiger partial charge in [0.05, 0.1) is 0 Å². The number of nitrogens with zero attached hydrogens (tertiary/aromatic N) is 1. The van der Waals surface area contributed by atoms with E-state index in [1.54, 1.807) is 0 Å². The Hall–Kier alpha value is -0.570. The van der Waals surface area contributed by atoms with Crippen LogP contribution in [0.25, 0.3) is 0 Å². The summed E-state index contributed by atoms with van der Waals surface area (Å²) in [7, 11) is 0. The summed E-state index contributed by atoms with van der Waals surface area (Å²) in [6.07, 6.45) is 2.34. The molecular formula is C12H23NO2. The van der Waals surface area contributed by atoms with Crippen molar-refractivity contribution in [3.8, 4) is 0 Å². The lowest BCUT2D eigenvalue weighted by Crippen LogP contribution is -2.47. The van der Waals surface area contributed by atoms with Crippen LogP contribution in [0, 0.1) is 11.8 Å². The van der Waals surface area contributed by atoms with Crippen LogP contribution in [0.5, 0.6) is 0 Å². The molecule has 1 unspecified atom stereocenters. The molecule has 0 spiro atoms. The molecule has 1 N–H and O–H groups in total. The van der Waals surface area contributed by atoms with E-state index in [9.17, 15) is 9.90 Å². The molecule has 0 radical (unpaired) electrons. The maximum atomic E-state index is 11.3. The van der Waals surface area contributed by atoms with Gasteiger partial charge >= 0.3 is 5.97 Å². The Morgan fingerprint density at radius 2 is 1.87 bits per heavy atom. The van der Waals surface area contributed by atoms with Gasteiger partial charge in [0.25, 0.3) is 0 Å². The van der Waals surface area contributed by atoms with Gasteiger partial charge in [0.15, 0.2) is 0 Å². The lowest BCUT2D eigenvalue weighted by Gasteiger charge is -2.32. The molecule has 0 aliphatic heterocycles. The minimum absolute atomic E-state index is 0.182. The van der Waals surface area contributed by atoms with E-state index in [2.05, 4.69) is 18.7 Å². The van der Waals surface area contributed by atoms with Crippen LogP contribution >= 0.6 is 0 Å². The molecular weight excluding hydrogens is 190 g/mol. The van der Waals surface area contributed by atoms with Crippen molar-refractivity contribution >= 4 is 5.97 Å². The minimum atomic E-state index is -0.669. The average Bonchev–Trinajstić information content (AvgIpc) is 2.81. The number of carboxylic acids is 1. The lowest BCUT2D eigenvalue weighted by atomic mass is 10.0. The van der Waals surface area contributed by atoms with E-state index in [0.29, 0.717) is 12.0 Å². The van der Waals surface area contributed by atoms with Gasteiger partial charge in [-0.25, -0.2) is 0 Å². The molecule has 1 aliphatic rings. The van der Waals surface area contributed by atoms with E-state index in [1.807, 2.05) is 13.8 Å². The summed E-state index contributed by atoms with van der Waals surface area (Å²) in [4.78, 5) is 13.4. The third-order valence-electron chi connectivity index (χ3n) is 2.83. The molecule has 88 valence electrons. The Morgan fingerprint density at radius 1 is 1.33 bits per heavy atom. The highest BCUT2D eigenvalue weighted by Crippen LogP contribution is 2.31. The number of rotatable bonds is 6. The van der Waals surface area contributed by atoms with Crippen molar-refractivity contribution < 1.29 is 9.90 Å². The number of aliphatic carboxylic acids is 1. The van der Waals surface area contributed by atoms with Gasteiger partial charge in [0, 0.05) is 12.6 Å². The predicted octanol–water partition coefficient (Wildman–Crippen LogP) is 2.22. The fraction of sp³-hybridized carbons (Fsp3) is 0.917. The third-order valence-corrected chi connectivity index (χ3v) is 2.83. The van der Waals surface area contributed by atoms with Crippen LogP contribution in [0.1, 0.15) is 40.5 Å². The molecule has 15 heavy (non-hydrogen) atoms. The Balaban J connectivity index is 2.70. The van der Waals surface area contributed by atoms with Crippen molar-refractivity contribution in [3.05, 3.63) is 0 Å². The van der Waals surface area contributed by atoms with Gasteiger partial charge in [-0.1, -0.05) is 27.7 Å². The second-order valence-corrected chi connectivity index (χ2v) is 5.35. The number of hydrogen-bond acceptors (Lipinski definition) is 2. The van der Waals surface area contributed by atoms with Crippen LogP contribution < -0.4 is 0 Å². The SMILES string of the molecule is CC(C)CN(C1CC1)C(C(=O)O)C(C)C. The molecule has 1 fully saturated rings. The molecule has 1 rings (SSSR count). The molecule has 1 aliphatic carbocycles. The molecule has 0 bridgehead atoms. The number of hydrogen-bond donors (Lipinski definition) is 1. The van der Waals surface area contributed by atoms with Gasteiger partial charge in [0.1, 0.15) is 6.04 Å². The van der Waals surface area contributed by atoms with Crippen LogP contribution in [-0.2, 0) is 4.79 Å². The molecule has 1 saturated carbocycles. The highest BCUT2D eigenvalue weighted by atomic mass is 16.4. The molecule has 3 heteroatoms. The van der Waals surface area contributed by atoms with E-state index < -0.39 is 5.97 Å². The van der Waals surface area contributed by atoms with Gasteiger partial charge in [-0.3, -0.25) is 9.69 Å². The monoisotopic (exact) mass is 213 g/mol. The van der Waals surface area contributed by atoms with Gasteiger partial charge < -0.3 is 5.11 Å². The molecule has 0 saturated heterocycles. The first-order valence-corrected chi connectivity index (χ1v) is 5.92. The largest absolute Gasteiger partial charge is 0.480 e. The van der Waals surface area contributed by atoms with E-state index in [4.69, 9.17) is 0 Å². The summed E-state index contributed by atoms with van der Waals surface area (Å²) < 4.78 is 0. The van der Waals surface area contributed by atoms with Crippen LogP contribution in [0.2, 0.25) is 0 Å². The van der Waals surface area contributed by atoms with Gasteiger partial charge in [-0.15, -0.1) is 0 Å². The van der Waals surface area contributed by atoms with Crippen molar-refractivity contribution in [2.45, 2.75) is 52.6 Å². The Morgan fingerprint density at radius 3 is 2.13 bits per heavy atom. The van der Waals surface area contributed by atoms with E-state index in [-0.39, 0.29) is 12.0 Å². The lowest BCUT2D eigenvalue weighted by molar-refractivity contribution is -0.145. The maximum absolute atomic E-state index is 11.3.